The van der Waals surface area contributed by atoms with Gasteiger partial charge in [0, 0.05) is 175 Å². The highest BCUT2D eigenvalue weighted by atomic mass is 16.6. The number of benzene rings is 4. The van der Waals surface area contributed by atoms with Gasteiger partial charge in [-0.3, -0.25) is 38.8 Å². The van der Waals surface area contributed by atoms with Crippen molar-refractivity contribution in [1.82, 2.24) is 19.6 Å². The van der Waals surface area contributed by atoms with E-state index in [-0.39, 0.29) is 118 Å². The molecule has 20 atom stereocenters. The Morgan fingerprint density at radius 3 is 1.03 bits per heavy atom. The second kappa shape index (κ2) is 43.9. The standard InChI is InChI=1S/4C24H38N2O4/c4*1-14(2)9-17-13-26-8-7-16-10-21(28-5)22(29-6)11-18(16)19(26)12-20(17)30-24(27)23(25)15(3)4/h4*10-11,14-15,17,19-20,23H,7-9,12-13,25H2,1-6H3/t4*17?,19?,20?,23-/m0000/s1/i1D3,5D3,9D2,10D,11D,14D,19D,20D;1D3,5D3,7D2,8D2,9D2,14D;2*1D3,7D2,8D2,9D2,14D/t4*14?,17?,19?,20?,23-. The number of fused-ring (bicyclic) bond motifs is 12. The Hall–Kier alpha value is -7.16. The predicted molar refractivity (Wildman–Crippen MR) is 471 cm³/mol. The van der Waals surface area contributed by atoms with Crippen molar-refractivity contribution in [2.75, 3.05) is 109 Å². The SMILES string of the molecule is [2H]C([2H])([2H])C([2H])(C)C([2H])([2H])C1CN2C(CC1OC(=O)[C@@H](N)C(C)C)c1cc(OC)c(OC)cc1C([2H])([2H])C2([2H])[2H].[2H]C([2H])([2H])C([2H])(C)C([2H])([2H])C1CN2C(CC1OC(=O)[C@@H](N)C(C)C)c1cc(OC)c(OC)cc1C([2H])([2H])C2([2H])[2H].[2H]C([2H])([2H])Oc1cc2c(cc1OC)C1CC(OC(=O)[C@@H](N)C(C)C)C(C([2H])([2H])C([2H])(C)C([2H])([2H])[2H])CN1C([2H])([2H])C2([2H])[2H].[2H]c1c2c(c([2H])c(OC)c1OC([2H])([2H])[2H])C1([2H])CC([2H])(OC(=O)[C@@H](N)C(C)C)C(C([2H])([2H])C([2H])(C)C([2H])([2H])[2H])CN1CC2. The van der Waals surface area contributed by atoms with Crippen molar-refractivity contribution in [1.29, 1.82) is 0 Å². The highest BCUT2D eigenvalue weighted by Gasteiger charge is 2.47. The molecule has 8 aliphatic rings. The third kappa shape index (κ3) is 23.8. The molecule has 0 aromatic heterocycles. The molecule has 4 aromatic carbocycles. The lowest BCUT2D eigenvalue weighted by atomic mass is 9.79. The average molecular weight is 1720 g/mol. The maximum atomic E-state index is 13.1. The minimum absolute atomic E-state index is 0.00496. The molecule has 8 aliphatic heterocycles. The van der Waals surface area contributed by atoms with Crippen LogP contribution in [0.5, 0.6) is 46.0 Å². The highest BCUT2D eigenvalue weighted by molar-refractivity contribution is 5.77. The molecule has 4 saturated heterocycles. The number of carbonyl (C=O) groups is 4. The molecule has 8 N–H and O–H groups in total. The van der Waals surface area contributed by atoms with Gasteiger partial charge in [-0.25, -0.2) is 0 Å². The summed E-state index contributed by atoms with van der Waals surface area (Å²) < 4.78 is 451. The van der Waals surface area contributed by atoms with Gasteiger partial charge in [0.05, 0.1) is 70.4 Å². The minimum Gasteiger partial charge on any atom is -0.493 e. The normalized spacial score (nSPS) is 37.4. The quantitative estimate of drug-likeness (QED) is 0.0303. The zero-order valence-corrected chi connectivity index (χ0v) is 71.6. The summed E-state index contributed by atoms with van der Waals surface area (Å²) in [7, 11) is 1.96. The van der Waals surface area contributed by atoms with Crippen LogP contribution in [0.2, 0.25) is 0 Å². The lowest BCUT2D eigenvalue weighted by Crippen LogP contribution is -2.51. The highest BCUT2D eigenvalue weighted by Crippen LogP contribution is 2.50. The number of piperidine rings is 4. The first kappa shape index (κ1) is 50.7. The number of rotatable bonds is 28. The van der Waals surface area contributed by atoms with Crippen LogP contribution in [0.1, 0.15) is 293 Å². The van der Waals surface area contributed by atoms with Crippen LogP contribution in [-0.2, 0) is 63.7 Å². The number of aryl methyl sites for hydroxylation is 3. The molecule has 24 nitrogen and oxygen atoms in total. The van der Waals surface area contributed by atoms with Crippen molar-refractivity contribution in [3.8, 4) is 46.0 Å². The van der Waals surface area contributed by atoms with Gasteiger partial charge in [-0.2, -0.15) is 0 Å². The monoisotopic (exact) mass is 1720 g/mol. The van der Waals surface area contributed by atoms with Crippen LogP contribution in [0.4, 0.5) is 0 Å². The molecule has 672 valence electrons. The van der Waals surface area contributed by atoms with Gasteiger partial charge in [0.1, 0.15) is 48.6 Å². The molecule has 4 fully saturated rings. The molecule has 12 rings (SSSR count). The van der Waals surface area contributed by atoms with E-state index < -0.39 is 312 Å². The van der Waals surface area contributed by atoms with E-state index >= 15 is 0 Å². The summed E-state index contributed by atoms with van der Waals surface area (Å²) in [5.74, 6) is -22.9. The Morgan fingerprint density at radius 2 is 0.708 bits per heavy atom. The predicted octanol–water partition coefficient (Wildman–Crippen LogP) is 14.3. The molecule has 24 heteroatoms. The van der Waals surface area contributed by atoms with E-state index in [1.54, 1.807) is 55.4 Å². The fourth-order valence-electron chi connectivity index (χ4n) is 15.1. The van der Waals surface area contributed by atoms with E-state index in [1.165, 1.54) is 70.8 Å². The molecule has 8 heterocycles. The third-order valence-electron chi connectivity index (χ3n) is 22.0. The molecule has 16 unspecified atom stereocenters. The van der Waals surface area contributed by atoms with Crippen LogP contribution in [0.15, 0.2) is 48.5 Å². The van der Waals surface area contributed by atoms with Gasteiger partial charge in [0.25, 0.3) is 0 Å². The summed E-state index contributed by atoms with van der Waals surface area (Å²) in [6.45, 7) is -6.03. The number of hydrogen-bond donors (Lipinski definition) is 4. The van der Waals surface area contributed by atoms with Gasteiger partial charge >= 0.3 is 23.9 Å². The molecular formula is C96H152N8O16. The number of carbonyl (C=O) groups excluding carboxylic acids is 4. The molecule has 4 aromatic rings. The summed E-state index contributed by atoms with van der Waals surface area (Å²) in [6.07, 6.45) is -27.9. The fraction of sp³-hybridized carbons (Fsp3) is 0.708. The van der Waals surface area contributed by atoms with Gasteiger partial charge in [-0.05, 0) is 191 Å². The van der Waals surface area contributed by atoms with E-state index in [9.17, 15) is 21.9 Å². The van der Waals surface area contributed by atoms with E-state index in [1.807, 2.05) is 0 Å². The van der Waals surface area contributed by atoms with Crippen molar-refractivity contribution in [3.05, 3.63) is 93.0 Å². The largest absolute Gasteiger partial charge is 0.493 e. The molecule has 0 bridgehead atoms. The molecule has 0 saturated carbocycles. The Bertz CT molecular complexity index is 5990. The Labute approximate surface area is 783 Å². The first-order chi connectivity index (χ1) is 74.6. The summed E-state index contributed by atoms with van der Waals surface area (Å²) >= 11 is 0. The van der Waals surface area contributed by atoms with Crippen molar-refractivity contribution < 1.29 is 139 Å². The Morgan fingerprint density at radius 1 is 0.408 bits per heavy atom. The minimum atomic E-state index is -3.15. The van der Waals surface area contributed by atoms with Crippen LogP contribution >= 0.6 is 0 Å². The molecule has 0 amide bonds. The first-order valence-corrected chi connectivity index (χ1v) is 39.9. The topological polar surface area (TPSA) is 296 Å². The van der Waals surface area contributed by atoms with Gasteiger partial charge in [-0.15, -0.1) is 0 Å². The maximum absolute atomic E-state index is 13.1. The number of methoxy groups -OCH3 is 8. The number of nitrogens with zero attached hydrogens (tertiary/aromatic N) is 4. The summed E-state index contributed by atoms with van der Waals surface area (Å²) in [5.41, 5.74) is 24.4. The van der Waals surface area contributed by atoms with Crippen LogP contribution in [0.25, 0.3) is 0 Å². The van der Waals surface area contributed by atoms with E-state index in [2.05, 4.69) is 0 Å². The Kier molecular flexibility index (Phi) is 18.6. The maximum Gasteiger partial charge on any atom is 0.323 e. The van der Waals surface area contributed by atoms with Crippen LogP contribution in [0.3, 0.4) is 0 Å². The molecular weight excluding hydrogens is 1520 g/mol. The zero-order valence-electron chi connectivity index (χ0n) is 118. The Balaban J connectivity index is 0.000000243. The number of esters is 4. The third-order valence-corrected chi connectivity index (χ3v) is 22.0. The summed E-state index contributed by atoms with van der Waals surface area (Å²) in [4.78, 5) is 56.8. The molecule has 0 spiro atoms. The van der Waals surface area contributed by atoms with Crippen molar-refractivity contribution in [2.45, 2.75) is 260 Å². The molecule has 0 aliphatic carbocycles. The van der Waals surface area contributed by atoms with Crippen LogP contribution in [-0.4, -0.2) is 201 Å². The lowest BCUT2D eigenvalue weighted by Gasteiger charge is -2.47. The van der Waals surface area contributed by atoms with E-state index in [0.717, 1.165) is 55.6 Å². The number of hydrogen-bond acceptors (Lipinski definition) is 24. The van der Waals surface area contributed by atoms with E-state index in [0.29, 0.717) is 11.1 Å². The van der Waals surface area contributed by atoms with Gasteiger partial charge in [0.15, 0.2) is 46.0 Å². The van der Waals surface area contributed by atoms with Crippen molar-refractivity contribution in [2.24, 2.45) is 93.9 Å². The number of ether oxygens (including phenoxy) is 12. The fourth-order valence-corrected chi connectivity index (χ4v) is 15.1. The average Bonchev–Trinajstić information content (AvgIpc) is 0.707. The van der Waals surface area contributed by atoms with Gasteiger partial charge < -0.3 is 79.8 Å². The summed E-state index contributed by atoms with van der Waals surface area (Å²) in [6, 6.07) is -2.36. The number of nitrogens with two attached hydrogens (primary N) is 4. The van der Waals surface area contributed by atoms with Gasteiger partial charge in [-0.1, -0.05) is 110 Å². The van der Waals surface area contributed by atoms with E-state index in [4.69, 9.17) is 140 Å². The second-order valence-electron chi connectivity index (χ2n) is 31.9. The van der Waals surface area contributed by atoms with Crippen molar-refractivity contribution >= 4 is 23.9 Å². The second-order valence-corrected chi connectivity index (χ2v) is 31.9. The summed E-state index contributed by atoms with van der Waals surface area (Å²) in [5, 5.41) is 0. The van der Waals surface area contributed by atoms with Crippen molar-refractivity contribution in [3.63, 3.8) is 0 Å². The van der Waals surface area contributed by atoms with Gasteiger partial charge in [0.2, 0.25) is 0 Å². The molecule has 120 heavy (non-hydrogen) atoms. The first-order valence-electron chi connectivity index (χ1n) is 62.9. The molecule has 0 radical (unpaired) electrons. The van der Waals surface area contributed by atoms with Crippen LogP contribution in [0, 0.1) is 70.9 Å². The smallest absolute Gasteiger partial charge is 0.323 e. The lowest BCUT2D eigenvalue weighted by molar-refractivity contribution is -0.161. The van der Waals surface area contributed by atoms with Crippen LogP contribution < -0.4 is 60.8 Å². The zero-order chi connectivity index (χ0) is 128.